The Hall–Kier alpha value is -2.33. The van der Waals surface area contributed by atoms with E-state index in [2.05, 4.69) is 11.9 Å². The maximum atomic E-state index is 12.4. The third-order valence-electron chi connectivity index (χ3n) is 2.44. The van der Waals surface area contributed by atoms with Gasteiger partial charge < -0.3 is 10.4 Å². The lowest BCUT2D eigenvalue weighted by Crippen LogP contribution is -2.13. The van der Waals surface area contributed by atoms with Crippen molar-refractivity contribution in [3.05, 3.63) is 53.8 Å². The molecule has 0 fully saturated rings. The SMILES string of the molecule is C=CC/C(O)=C(\C#N)C(=S)Nc1ccc(C(F)(F)F)cc1. The fourth-order valence-corrected chi connectivity index (χ4v) is 1.70. The van der Waals surface area contributed by atoms with E-state index < -0.39 is 11.7 Å². The van der Waals surface area contributed by atoms with E-state index in [1.807, 2.05) is 0 Å². The molecule has 0 saturated carbocycles. The number of thiocarbonyl (C=S) groups is 1. The van der Waals surface area contributed by atoms with Crippen LogP contribution in [-0.2, 0) is 6.18 Å². The molecule has 0 saturated heterocycles. The fourth-order valence-electron chi connectivity index (χ4n) is 1.42. The van der Waals surface area contributed by atoms with E-state index >= 15 is 0 Å². The van der Waals surface area contributed by atoms with Gasteiger partial charge in [-0.05, 0) is 24.3 Å². The summed E-state index contributed by atoms with van der Waals surface area (Å²) in [6.45, 7) is 3.42. The first kappa shape index (κ1) is 16.7. The van der Waals surface area contributed by atoms with Crippen molar-refractivity contribution in [3.63, 3.8) is 0 Å². The van der Waals surface area contributed by atoms with Crippen LogP contribution in [0.25, 0.3) is 0 Å². The van der Waals surface area contributed by atoms with Crippen LogP contribution >= 0.6 is 12.2 Å². The largest absolute Gasteiger partial charge is 0.510 e. The number of hydrogen-bond donors (Lipinski definition) is 2. The number of anilines is 1. The Bertz CT molecular complexity index is 613. The number of nitrogens with zero attached hydrogens (tertiary/aromatic N) is 1. The van der Waals surface area contributed by atoms with E-state index in [1.165, 1.54) is 18.2 Å². The summed E-state index contributed by atoms with van der Waals surface area (Å²) in [6.07, 6.45) is -2.95. The summed E-state index contributed by atoms with van der Waals surface area (Å²) in [5.41, 5.74) is -0.651. The number of benzene rings is 1. The predicted octanol–water partition coefficient (Wildman–Crippen LogP) is 4.36. The molecule has 3 nitrogen and oxygen atoms in total. The van der Waals surface area contributed by atoms with Gasteiger partial charge in [-0.15, -0.1) is 6.58 Å². The molecule has 1 aromatic rings. The molecule has 110 valence electrons. The summed E-state index contributed by atoms with van der Waals surface area (Å²) >= 11 is 4.95. The number of hydrogen-bond acceptors (Lipinski definition) is 3. The van der Waals surface area contributed by atoms with Gasteiger partial charge in [0, 0.05) is 12.1 Å². The maximum absolute atomic E-state index is 12.4. The average molecular weight is 312 g/mol. The van der Waals surface area contributed by atoms with Crippen molar-refractivity contribution in [1.29, 1.82) is 5.26 Å². The van der Waals surface area contributed by atoms with Gasteiger partial charge in [-0.25, -0.2) is 0 Å². The molecule has 1 aromatic carbocycles. The van der Waals surface area contributed by atoms with Crippen molar-refractivity contribution in [2.45, 2.75) is 12.6 Å². The number of nitriles is 1. The van der Waals surface area contributed by atoms with Crippen LogP contribution in [0.15, 0.2) is 48.3 Å². The normalized spacial score (nSPS) is 12.1. The number of nitrogens with one attached hydrogen (secondary N) is 1. The maximum Gasteiger partial charge on any atom is 0.416 e. The zero-order valence-corrected chi connectivity index (χ0v) is 11.6. The Balaban J connectivity index is 2.91. The zero-order chi connectivity index (χ0) is 16.0. The fraction of sp³-hybridized carbons (Fsp3) is 0.143. The van der Waals surface area contributed by atoms with Gasteiger partial charge in [0.2, 0.25) is 0 Å². The van der Waals surface area contributed by atoms with E-state index in [4.69, 9.17) is 17.5 Å². The molecule has 0 bridgehead atoms. The molecule has 2 N–H and O–H groups in total. The third kappa shape index (κ3) is 4.61. The topological polar surface area (TPSA) is 56.0 Å². The summed E-state index contributed by atoms with van der Waals surface area (Å²) in [4.78, 5) is -0.0726. The van der Waals surface area contributed by atoms with Crippen LogP contribution in [0.5, 0.6) is 0 Å². The number of rotatable bonds is 4. The molecule has 0 heterocycles. The Labute approximate surface area is 125 Å². The highest BCUT2D eigenvalue weighted by Gasteiger charge is 2.29. The first-order valence-electron chi connectivity index (χ1n) is 5.71. The zero-order valence-electron chi connectivity index (χ0n) is 10.7. The minimum atomic E-state index is -4.42. The van der Waals surface area contributed by atoms with E-state index in [0.29, 0.717) is 0 Å². The second-order valence-electron chi connectivity index (χ2n) is 3.96. The summed E-state index contributed by atoms with van der Waals surface area (Å²) < 4.78 is 37.2. The summed E-state index contributed by atoms with van der Waals surface area (Å²) in [5, 5.41) is 21.2. The average Bonchev–Trinajstić information content (AvgIpc) is 2.39. The van der Waals surface area contributed by atoms with Gasteiger partial charge in [-0.2, -0.15) is 18.4 Å². The van der Waals surface area contributed by atoms with Gasteiger partial charge >= 0.3 is 6.18 Å². The lowest BCUT2D eigenvalue weighted by Gasteiger charge is -2.10. The molecule has 0 unspecified atom stereocenters. The molecular weight excluding hydrogens is 301 g/mol. The van der Waals surface area contributed by atoms with Crippen LogP contribution in [-0.4, -0.2) is 10.1 Å². The number of allylic oxidation sites excluding steroid dienone is 1. The van der Waals surface area contributed by atoms with E-state index in [0.717, 1.165) is 12.1 Å². The Morgan fingerprint density at radius 2 is 1.95 bits per heavy atom. The van der Waals surface area contributed by atoms with Crippen LogP contribution in [0.2, 0.25) is 0 Å². The van der Waals surface area contributed by atoms with Crippen molar-refractivity contribution in [2.75, 3.05) is 5.32 Å². The number of halogens is 3. The molecule has 0 amide bonds. The molecule has 0 aliphatic heterocycles. The Morgan fingerprint density at radius 1 is 1.38 bits per heavy atom. The van der Waals surface area contributed by atoms with Crippen molar-refractivity contribution >= 4 is 22.9 Å². The van der Waals surface area contributed by atoms with Crippen LogP contribution in [0.4, 0.5) is 18.9 Å². The minimum Gasteiger partial charge on any atom is -0.510 e. The van der Waals surface area contributed by atoms with E-state index in [1.54, 1.807) is 6.07 Å². The van der Waals surface area contributed by atoms with Crippen molar-refractivity contribution < 1.29 is 18.3 Å². The molecule has 0 aliphatic carbocycles. The highest BCUT2D eigenvalue weighted by Crippen LogP contribution is 2.29. The van der Waals surface area contributed by atoms with Crippen molar-refractivity contribution in [1.82, 2.24) is 0 Å². The van der Waals surface area contributed by atoms with Crippen LogP contribution in [0, 0.1) is 11.3 Å². The number of alkyl halides is 3. The second kappa shape index (κ2) is 6.90. The standard InChI is InChI=1S/C14H11F3N2OS/c1-2-3-12(20)11(8-18)13(21)19-10-6-4-9(5-7-10)14(15,16)17/h2,4-7,20H,1,3H2,(H,19,21)/b12-11-. The number of aliphatic hydroxyl groups is 1. The van der Waals surface area contributed by atoms with Crippen molar-refractivity contribution in [3.8, 4) is 6.07 Å². The monoisotopic (exact) mass is 312 g/mol. The van der Waals surface area contributed by atoms with Crippen molar-refractivity contribution in [2.24, 2.45) is 0 Å². The van der Waals surface area contributed by atoms with Gasteiger partial charge in [-0.3, -0.25) is 0 Å². The first-order chi connectivity index (χ1) is 9.79. The van der Waals surface area contributed by atoms with Gasteiger partial charge in [0.25, 0.3) is 0 Å². The van der Waals surface area contributed by atoms with E-state index in [-0.39, 0.29) is 28.4 Å². The third-order valence-corrected chi connectivity index (χ3v) is 2.74. The lowest BCUT2D eigenvalue weighted by atomic mass is 10.1. The predicted molar refractivity (Wildman–Crippen MR) is 77.7 cm³/mol. The lowest BCUT2D eigenvalue weighted by molar-refractivity contribution is -0.137. The minimum absolute atomic E-state index is 0.0672. The molecule has 0 radical (unpaired) electrons. The van der Waals surface area contributed by atoms with Crippen LogP contribution in [0.3, 0.4) is 0 Å². The molecule has 0 aromatic heterocycles. The molecule has 0 aliphatic rings. The second-order valence-corrected chi connectivity index (χ2v) is 4.36. The van der Waals surface area contributed by atoms with E-state index in [9.17, 15) is 18.3 Å². The van der Waals surface area contributed by atoms with Crippen LogP contribution in [0.1, 0.15) is 12.0 Å². The molecule has 7 heteroatoms. The molecular formula is C14H11F3N2OS. The van der Waals surface area contributed by atoms with Gasteiger partial charge in [0.1, 0.15) is 22.4 Å². The molecule has 21 heavy (non-hydrogen) atoms. The number of aliphatic hydroxyl groups excluding tert-OH is 1. The van der Waals surface area contributed by atoms with Gasteiger partial charge in [0.05, 0.1) is 5.56 Å². The van der Waals surface area contributed by atoms with Gasteiger partial charge in [-0.1, -0.05) is 18.3 Å². The van der Waals surface area contributed by atoms with Gasteiger partial charge in [0.15, 0.2) is 0 Å². The highest BCUT2D eigenvalue weighted by molar-refractivity contribution is 7.81. The summed E-state index contributed by atoms with van der Waals surface area (Å²) in [7, 11) is 0. The quantitative estimate of drug-likeness (QED) is 0.285. The molecule has 1 rings (SSSR count). The Kier molecular flexibility index (Phi) is 5.50. The molecule has 0 atom stereocenters. The summed E-state index contributed by atoms with van der Waals surface area (Å²) in [6, 6.07) is 5.91. The molecule has 0 spiro atoms. The summed E-state index contributed by atoms with van der Waals surface area (Å²) in [5.74, 6) is -0.253. The van der Waals surface area contributed by atoms with Crippen LogP contribution < -0.4 is 5.32 Å². The Morgan fingerprint density at radius 3 is 2.38 bits per heavy atom. The smallest absolute Gasteiger partial charge is 0.416 e. The highest BCUT2D eigenvalue weighted by atomic mass is 32.1. The first-order valence-corrected chi connectivity index (χ1v) is 6.12.